The van der Waals surface area contributed by atoms with Crippen molar-refractivity contribution in [3.05, 3.63) is 96.1 Å². The van der Waals surface area contributed by atoms with Crippen molar-refractivity contribution in [2.45, 2.75) is 45.4 Å². The molecule has 5 nitrogen and oxygen atoms in total. The minimum absolute atomic E-state index is 0.310. The van der Waals surface area contributed by atoms with Crippen molar-refractivity contribution in [3.8, 4) is 11.5 Å². The van der Waals surface area contributed by atoms with Gasteiger partial charge >= 0.3 is 0 Å². The molecule has 31 heavy (non-hydrogen) atoms. The topological polar surface area (TPSA) is 86.2 Å². The molecule has 5 heteroatoms. The molecule has 0 aromatic heterocycles. The molecule has 0 amide bonds. The lowest BCUT2D eigenvalue weighted by Gasteiger charge is -2.30. The first-order valence-corrected chi connectivity index (χ1v) is 10.4. The van der Waals surface area contributed by atoms with E-state index in [1.807, 2.05) is 48.5 Å². The molecule has 164 valence electrons. The molecule has 2 atom stereocenters. The fourth-order valence-electron chi connectivity index (χ4n) is 2.67. The quantitative estimate of drug-likeness (QED) is 0.603. The van der Waals surface area contributed by atoms with Crippen molar-refractivity contribution in [2.24, 2.45) is 0 Å². The van der Waals surface area contributed by atoms with Gasteiger partial charge in [-0.3, -0.25) is 0 Å². The summed E-state index contributed by atoms with van der Waals surface area (Å²) >= 11 is 0. The summed E-state index contributed by atoms with van der Waals surface area (Å²) in [5, 5.41) is 11.2. The lowest BCUT2D eigenvalue weighted by molar-refractivity contribution is -0.420. The van der Waals surface area contributed by atoms with Gasteiger partial charge < -0.3 is 25.1 Å². The zero-order valence-corrected chi connectivity index (χ0v) is 18.4. The van der Waals surface area contributed by atoms with Crippen LogP contribution in [0.4, 0.5) is 0 Å². The minimum atomic E-state index is -1.35. The molecule has 0 aliphatic carbocycles. The van der Waals surface area contributed by atoms with Gasteiger partial charge in [0.25, 0.3) is 0 Å². The maximum atomic E-state index is 11.2. The Hall–Kier alpha value is -3.31. The molecule has 3 aromatic rings. The molecular formula is C26H31NO4. The SMILES string of the molecule is CC[C@@](C)(Oc1cccc(OCc2ccccc2)c1)C(=O)[O-].C[C@@H]([NH3+])c1ccccc1. The minimum Gasteiger partial charge on any atom is -0.546 e. The van der Waals surface area contributed by atoms with E-state index in [1.54, 1.807) is 31.2 Å². The summed E-state index contributed by atoms with van der Waals surface area (Å²) in [4.78, 5) is 11.2. The van der Waals surface area contributed by atoms with Crippen molar-refractivity contribution in [1.82, 2.24) is 0 Å². The van der Waals surface area contributed by atoms with E-state index >= 15 is 0 Å². The highest BCUT2D eigenvalue weighted by atomic mass is 16.5. The molecule has 3 rings (SSSR count). The van der Waals surface area contributed by atoms with Crippen molar-refractivity contribution in [3.63, 3.8) is 0 Å². The first-order valence-electron chi connectivity index (χ1n) is 10.4. The normalized spacial score (nSPS) is 13.2. The van der Waals surface area contributed by atoms with E-state index < -0.39 is 11.6 Å². The van der Waals surface area contributed by atoms with E-state index in [-0.39, 0.29) is 0 Å². The predicted octanol–water partition coefficient (Wildman–Crippen LogP) is 3.55. The second-order valence-corrected chi connectivity index (χ2v) is 7.53. The summed E-state index contributed by atoms with van der Waals surface area (Å²) in [6, 6.07) is 27.4. The summed E-state index contributed by atoms with van der Waals surface area (Å²) in [5.41, 5.74) is 4.92. The van der Waals surface area contributed by atoms with Crippen LogP contribution in [0.15, 0.2) is 84.9 Å². The van der Waals surface area contributed by atoms with Gasteiger partial charge in [0.15, 0.2) is 0 Å². The number of aliphatic carboxylic acids is 1. The van der Waals surface area contributed by atoms with Gasteiger partial charge in [-0.25, -0.2) is 0 Å². The lowest BCUT2D eigenvalue weighted by atomic mass is 10.0. The van der Waals surface area contributed by atoms with Crippen LogP contribution in [0.3, 0.4) is 0 Å². The number of carbonyl (C=O) groups is 1. The van der Waals surface area contributed by atoms with Gasteiger partial charge in [-0.2, -0.15) is 0 Å². The number of carboxylic acid groups (broad SMARTS) is 1. The van der Waals surface area contributed by atoms with Crippen LogP contribution in [-0.2, 0) is 11.4 Å². The van der Waals surface area contributed by atoms with E-state index in [2.05, 4.69) is 24.8 Å². The van der Waals surface area contributed by atoms with Crippen molar-refractivity contribution >= 4 is 5.97 Å². The van der Waals surface area contributed by atoms with E-state index in [0.29, 0.717) is 30.6 Å². The Labute approximate surface area is 184 Å². The van der Waals surface area contributed by atoms with Crippen molar-refractivity contribution in [2.75, 3.05) is 0 Å². The maximum absolute atomic E-state index is 11.2. The zero-order chi connectivity index (χ0) is 22.7. The first-order chi connectivity index (χ1) is 14.8. The van der Waals surface area contributed by atoms with Crippen LogP contribution in [0.1, 0.15) is 44.4 Å². The molecule has 0 heterocycles. The average Bonchev–Trinajstić information content (AvgIpc) is 2.79. The highest BCUT2D eigenvalue weighted by Gasteiger charge is 2.26. The van der Waals surface area contributed by atoms with Crippen molar-refractivity contribution < 1.29 is 25.1 Å². The van der Waals surface area contributed by atoms with E-state index in [9.17, 15) is 9.90 Å². The Bertz CT molecular complexity index is 928. The molecular weight excluding hydrogens is 390 g/mol. The van der Waals surface area contributed by atoms with Gasteiger partial charge in [0, 0.05) is 11.6 Å². The number of hydrogen-bond donors (Lipinski definition) is 1. The lowest BCUT2D eigenvalue weighted by Crippen LogP contribution is -2.51. The molecule has 0 aliphatic heterocycles. The molecule has 0 radical (unpaired) electrons. The third kappa shape index (κ3) is 7.79. The van der Waals surface area contributed by atoms with Crippen LogP contribution in [0.25, 0.3) is 0 Å². The van der Waals surface area contributed by atoms with Crippen molar-refractivity contribution in [1.29, 1.82) is 0 Å². The Balaban J connectivity index is 0.000000316. The van der Waals surface area contributed by atoms with Crippen LogP contribution in [0.5, 0.6) is 11.5 Å². The molecule has 0 unspecified atom stereocenters. The molecule has 0 saturated heterocycles. The maximum Gasteiger partial charge on any atom is 0.145 e. The zero-order valence-electron chi connectivity index (χ0n) is 18.4. The van der Waals surface area contributed by atoms with Gasteiger partial charge in [-0.15, -0.1) is 0 Å². The fraction of sp³-hybridized carbons (Fsp3) is 0.269. The highest BCUT2D eigenvalue weighted by molar-refractivity contribution is 5.75. The highest BCUT2D eigenvalue weighted by Crippen LogP contribution is 2.25. The number of carboxylic acids is 1. The number of benzene rings is 3. The van der Waals surface area contributed by atoms with E-state index in [4.69, 9.17) is 9.47 Å². The van der Waals surface area contributed by atoms with Gasteiger partial charge in [0.05, 0.1) is 5.97 Å². The van der Waals surface area contributed by atoms with E-state index in [1.165, 1.54) is 12.5 Å². The molecule has 0 saturated carbocycles. The number of rotatable bonds is 8. The smallest absolute Gasteiger partial charge is 0.145 e. The van der Waals surface area contributed by atoms with Crippen LogP contribution < -0.4 is 20.3 Å². The molecule has 3 N–H and O–H groups in total. The van der Waals surface area contributed by atoms with Gasteiger partial charge in [-0.1, -0.05) is 73.7 Å². The Kier molecular flexibility index (Phi) is 9.10. The first kappa shape index (κ1) is 24.0. The third-order valence-electron chi connectivity index (χ3n) is 4.87. The van der Waals surface area contributed by atoms with Crippen LogP contribution in [-0.4, -0.2) is 11.6 Å². The summed E-state index contributed by atoms with van der Waals surface area (Å²) < 4.78 is 11.3. The van der Waals surface area contributed by atoms with E-state index in [0.717, 1.165) is 5.56 Å². The van der Waals surface area contributed by atoms with Crippen LogP contribution >= 0.6 is 0 Å². The summed E-state index contributed by atoms with van der Waals surface area (Å²) in [7, 11) is 0. The molecule has 0 fully saturated rings. The second kappa shape index (κ2) is 11.8. The number of ether oxygens (including phenoxy) is 2. The predicted molar refractivity (Wildman–Crippen MR) is 119 cm³/mol. The summed E-state index contributed by atoms with van der Waals surface area (Å²) in [5.74, 6) is -0.164. The summed E-state index contributed by atoms with van der Waals surface area (Å²) in [6.07, 6.45) is 0.310. The molecule has 0 bridgehead atoms. The standard InChI is InChI=1S/C18H20O4.C8H11N/c1-3-18(2,17(19)20)22-16-11-7-10-15(12-16)21-13-14-8-5-4-6-9-14;1-7(9)8-5-3-2-4-6-8/h4-12H,3,13H2,1-2H3,(H,19,20);2-7H,9H2,1H3/t18-;7-/m11/s1. The molecule has 0 aliphatic rings. The number of quaternary nitrogens is 1. The number of hydrogen-bond acceptors (Lipinski definition) is 4. The summed E-state index contributed by atoms with van der Waals surface area (Å²) in [6.45, 7) is 5.77. The monoisotopic (exact) mass is 421 g/mol. The van der Waals surface area contributed by atoms with Gasteiger partial charge in [0.2, 0.25) is 0 Å². The van der Waals surface area contributed by atoms with Crippen LogP contribution in [0, 0.1) is 0 Å². The Morgan fingerprint density at radius 1 is 0.968 bits per heavy atom. The Morgan fingerprint density at radius 3 is 2.06 bits per heavy atom. The Morgan fingerprint density at radius 2 is 1.55 bits per heavy atom. The third-order valence-corrected chi connectivity index (χ3v) is 4.87. The molecule has 3 aromatic carbocycles. The van der Waals surface area contributed by atoms with Gasteiger partial charge in [-0.05, 0) is 38.0 Å². The second-order valence-electron chi connectivity index (χ2n) is 7.53. The average molecular weight is 422 g/mol. The largest absolute Gasteiger partial charge is 0.546 e. The number of carbonyl (C=O) groups excluding carboxylic acids is 1. The fourth-order valence-corrected chi connectivity index (χ4v) is 2.67. The van der Waals surface area contributed by atoms with Gasteiger partial charge in [0.1, 0.15) is 29.7 Å². The molecule has 0 spiro atoms. The van der Waals surface area contributed by atoms with Crippen LogP contribution in [0.2, 0.25) is 0 Å².